The van der Waals surface area contributed by atoms with Crippen molar-refractivity contribution in [2.45, 2.75) is 39.4 Å². The lowest BCUT2D eigenvalue weighted by Gasteiger charge is -2.21. The molecule has 2 rings (SSSR count). The summed E-state index contributed by atoms with van der Waals surface area (Å²) >= 11 is 12.3. The van der Waals surface area contributed by atoms with Crippen LogP contribution in [0.2, 0.25) is 10.0 Å². The molecular formula is C25H28Cl2N2O12. The fourth-order valence-electron chi connectivity index (χ4n) is 3.10. The Balaban J connectivity index is 2.33. The monoisotopic (exact) mass is 618 g/mol. The Labute approximate surface area is 244 Å². The predicted octanol–water partition coefficient (Wildman–Crippen LogP) is 5.39. The first-order chi connectivity index (χ1) is 19.2. The minimum absolute atomic E-state index is 0.0333. The average molecular weight is 619 g/mol. The van der Waals surface area contributed by atoms with E-state index in [0.29, 0.717) is 0 Å². The number of ether oxygens (including phenoxy) is 6. The summed E-state index contributed by atoms with van der Waals surface area (Å²) in [5.41, 5.74) is -2.39. The van der Waals surface area contributed by atoms with E-state index in [-0.39, 0.29) is 59.3 Å². The van der Waals surface area contributed by atoms with Crippen LogP contribution in [0.15, 0.2) is 24.3 Å². The summed E-state index contributed by atoms with van der Waals surface area (Å²) in [6.07, 6.45) is -0.961. The van der Waals surface area contributed by atoms with Crippen LogP contribution in [0, 0.1) is 20.2 Å². The Bertz CT molecular complexity index is 1300. The van der Waals surface area contributed by atoms with Crippen molar-refractivity contribution in [2.24, 2.45) is 0 Å². The topological polar surface area (TPSA) is 176 Å². The quantitative estimate of drug-likeness (QED) is 0.114. The van der Waals surface area contributed by atoms with Crippen molar-refractivity contribution in [2.75, 3.05) is 33.7 Å². The van der Waals surface area contributed by atoms with Gasteiger partial charge in [0.15, 0.2) is 10.0 Å². The Hall–Kier alpha value is -3.72. The predicted molar refractivity (Wildman–Crippen MR) is 145 cm³/mol. The van der Waals surface area contributed by atoms with E-state index in [1.54, 1.807) is 27.7 Å². The van der Waals surface area contributed by atoms with Gasteiger partial charge >= 0.3 is 11.9 Å². The van der Waals surface area contributed by atoms with Crippen molar-refractivity contribution < 1.29 is 47.9 Å². The number of carbonyl (C=O) groups excluding carboxylic acids is 2. The van der Waals surface area contributed by atoms with Gasteiger partial charge < -0.3 is 28.4 Å². The molecule has 0 saturated heterocycles. The van der Waals surface area contributed by atoms with Crippen LogP contribution >= 0.6 is 23.2 Å². The molecule has 0 aliphatic rings. The maximum atomic E-state index is 12.6. The Morgan fingerprint density at radius 3 is 1.73 bits per heavy atom. The highest BCUT2D eigenvalue weighted by atomic mass is 35.5. The van der Waals surface area contributed by atoms with Gasteiger partial charge in [0, 0.05) is 19.2 Å². The highest BCUT2D eigenvalue weighted by Crippen LogP contribution is 2.37. The summed E-state index contributed by atoms with van der Waals surface area (Å²) in [7, 11) is 1.35. The normalized spacial score (nSPS) is 11.9. The molecule has 0 spiro atoms. The number of hydrogen-bond acceptors (Lipinski definition) is 12. The van der Waals surface area contributed by atoms with E-state index >= 15 is 0 Å². The molecule has 0 N–H and O–H groups in total. The largest absolute Gasteiger partial charge is 0.489 e. The molecule has 0 fully saturated rings. The highest BCUT2D eigenvalue weighted by molar-refractivity contribution is 6.34. The molecule has 2 aromatic rings. The molecule has 0 unspecified atom stereocenters. The van der Waals surface area contributed by atoms with Crippen LogP contribution in [0.25, 0.3) is 0 Å². The van der Waals surface area contributed by atoms with Crippen LogP contribution in [-0.2, 0) is 18.9 Å². The SMILES string of the molecule is CCOC(=O)c1cc(OC[C@@H](COc2cc(C(=O)OC(C)(C)C)cc([N+](=O)[O-])c2Cl)OCOC)c(Cl)c([N+](=O)[O-])c1. The molecular weight excluding hydrogens is 591 g/mol. The van der Waals surface area contributed by atoms with Crippen LogP contribution in [0.5, 0.6) is 11.5 Å². The Morgan fingerprint density at radius 2 is 1.34 bits per heavy atom. The highest BCUT2D eigenvalue weighted by Gasteiger charge is 2.27. The number of nitro benzene ring substituents is 2. The van der Waals surface area contributed by atoms with E-state index in [1.165, 1.54) is 19.2 Å². The first-order valence-electron chi connectivity index (χ1n) is 11.9. The summed E-state index contributed by atoms with van der Waals surface area (Å²) in [6.45, 7) is 5.59. The van der Waals surface area contributed by atoms with E-state index in [4.69, 9.17) is 51.6 Å². The van der Waals surface area contributed by atoms with Gasteiger partial charge in [0.1, 0.15) is 43.2 Å². The molecule has 14 nitrogen and oxygen atoms in total. The average Bonchev–Trinajstić information content (AvgIpc) is 2.88. The molecule has 0 heterocycles. The molecule has 0 aromatic heterocycles. The number of nitrogens with zero attached hydrogens (tertiary/aromatic N) is 2. The summed E-state index contributed by atoms with van der Waals surface area (Å²) in [6, 6.07) is 4.28. The summed E-state index contributed by atoms with van der Waals surface area (Å²) in [4.78, 5) is 46.2. The Morgan fingerprint density at radius 1 is 0.878 bits per heavy atom. The number of esters is 2. The fraction of sp³-hybridized carbons (Fsp3) is 0.440. The minimum Gasteiger partial charge on any atom is -0.489 e. The standard InChI is InChI=1S/C25H28Cl2N2O12/c1-6-37-23(30)14-7-17(28(32)33)21(26)19(9-14)38-11-16(40-13-36-5)12-39-20-10-15(24(31)41-25(2,3)4)8-18(22(20)27)29(34)35/h7-10,16H,6,11-13H2,1-5H3/t16-/m0/s1. The smallest absolute Gasteiger partial charge is 0.339 e. The maximum Gasteiger partial charge on any atom is 0.339 e. The van der Waals surface area contributed by atoms with Crippen molar-refractivity contribution in [3.05, 3.63) is 65.7 Å². The molecule has 224 valence electrons. The van der Waals surface area contributed by atoms with Crippen molar-refractivity contribution in [3.63, 3.8) is 0 Å². The molecule has 0 amide bonds. The van der Waals surface area contributed by atoms with Gasteiger partial charge in [-0.1, -0.05) is 23.2 Å². The zero-order chi connectivity index (χ0) is 30.9. The first kappa shape index (κ1) is 33.5. The van der Waals surface area contributed by atoms with Crippen LogP contribution in [0.3, 0.4) is 0 Å². The molecule has 0 bridgehead atoms. The molecule has 0 aliphatic heterocycles. The first-order valence-corrected chi connectivity index (χ1v) is 12.7. The number of benzene rings is 2. The third-order valence-corrected chi connectivity index (χ3v) is 5.61. The Kier molecular flexibility index (Phi) is 12.1. The number of halogens is 2. The number of methoxy groups -OCH3 is 1. The van der Waals surface area contributed by atoms with Crippen molar-refractivity contribution in [1.29, 1.82) is 0 Å². The third-order valence-electron chi connectivity index (χ3n) is 4.85. The van der Waals surface area contributed by atoms with Gasteiger partial charge in [-0.05, 0) is 39.8 Å². The number of hydrogen-bond donors (Lipinski definition) is 0. The summed E-state index contributed by atoms with van der Waals surface area (Å²) in [5, 5.41) is 22.3. The number of nitro groups is 2. The van der Waals surface area contributed by atoms with Crippen LogP contribution in [0.4, 0.5) is 11.4 Å². The van der Waals surface area contributed by atoms with E-state index in [2.05, 4.69) is 0 Å². The summed E-state index contributed by atoms with van der Waals surface area (Å²) in [5.74, 6) is -2.09. The van der Waals surface area contributed by atoms with Gasteiger partial charge in [-0.2, -0.15) is 0 Å². The lowest BCUT2D eigenvalue weighted by Crippen LogP contribution is -2.30. The van der Waals surface area contributed by atoms with Gasteiger partial charge in [0.05, 0.1) is 27.6 Å². The van der Waals surface area contributed by atoms with Crippen LogP contribution in [0.1, 0.15) is 48.4 Å². The zero-order valence-corrected chi connectivity index (χ0v) is 24.3. The van der Waals surface area contributed by atoms with Crippen LogP contribution < -0.4 is 9.47 Å². The second-order valence-electron chi connectivity index (χ2n) is 9.17. The molecule has 0 aliphatic carbocycles. The third kappa shape index (κ3) is 9.70. The molecule has 41 heavy (non-hydrogen) atoms. The maximum absolute atomic E-state index is 12.6. The van der Waals surface area contributed by atoms with Gasteiger partial charge in [-0.3, -0.25) is 20.2 Å². The van der Waals surface area contributed by atoms with Gasteiger partial charge in [0.2, 0.25) is 0 Å². The van der Waals surface area contributed by atoms with Crippen molar-refractivity contribution in [3.8, 4) is 11.5 Å². The van der Waals surface area contributed by atoms with E-state index in [0.717, 1.165) is 12.1 Å². The van der Waals surface area contributed by atoms with Gasteiger partial charge in [-0.25, -0.2) is 9.59 Å². The molecule has 0 radical (unpaired) electrons. The summed E-state index contributed by atoms with van der Waals surface area (Å²) < 4.78 is 31.9. The molecule has 0 saturated carbocycles. The van der Waals surface area contributed by atoms with Gasteiger partial charge in [0.25, 0.3) is 11.4 Å². The van der Waals surface area contributed by atoms with E-state index < -0.39 is 44.9 Å². The lowest BCUT2D eigenvalue weighted by atomic mass is 10.1. The lowest BCUT2D eigenvalue weighted by molar-refractivity contribution is -0.384. The van der Waals surface area contributed by atoms with E-state index in [9.17, 15) is 29.8 Å². The fourth-order valence-corrected chi connectivity index (χ4v) is 3.57. The van der Waals surface area contributed by atoms with E-state index in [1.807, 2.05) is 0 Å². The number of carbonyl (C=O) groups is 2. The van der Waals surface area contributed by atoms with Crippen LogP contribution in [-0.4, -0.2) is 67.2 Å². The van der Waals surface area contributed by atoms with Crippen molar-refractivity contribution in [1.82, 2.24) is 0 Å². The molecule has 2 aromatic carbocycles. The van der Waals surface area contributed by atoms with Gasteiger partial charge in [-0.15, -0.1) is 0 Å². The minimum atomic E-state index is -0.961. The number of rotatable bonds is 14. The molecule has 16 heteroatoms. The molecule has 1 atom stereocenters. The van der Waals surface area contributed by atoms with Crippen molar-refractivity contribution >= 4 is 46.5 Å². The second-order valence-corrected chi connectivity index (χ2v) is 9.92. The zero-order valence-electron chi connectivity index (χ0n) is 22.8. The second kappa shape index (κ2) is 14.8.